The molecule has 0 bridgehead atoms. The van der Waals surface area contributed by atoms with Gasteiger partial charge in [0.25, 0.3) is 0 Å². The number of halogens is 1. The fourth-order valence-electron chi connectivity index (χ4n) is 2.10. The summed E-state index contributed by atoms with van der Waals surface area (Å²) in [4.78, 5) is 12.1. The van der Waals surface area contributed by atoms with E-state index in [-0.39, 0.29) is 29.7 Å². The Bertz CT molecular complexity index is 836. The molecular formula is C17H20FN3O3S. The Labute approximate surface area is 146 Å². The molecule has 0 spiro atoms. The van der Waals surface area contributed by atoms with Gasteiger partial charge in [-0.2, -0.15) is 0 Å². The summed E-state index contributed by atoms with van der Waals surface area (Å²) in [6.07, 6.45) is 0. The molecule has 2 rings (SSSR count). The van der Waals surface area contributed by atoms with Crippen LogP contribution < -0.4 is 10.6 Å². The Morgan fingerprint density at radius 2 is 1.72 bits per heavy atom. The van der Waals surface area contributed by atoms with Gasteiger partial charge in [0, 0.05) is 26.3 Å². The number of carbonyl (C=O) groups is 1. The largest absolute Gasteiger partial charge is 0.376 e. The second-order valence-electron chi connectivity index (χ2n) is 5.53. The predicted molar refractivity (Wildman–Crippen MR) is 94.1 cm³/mol. The van der Waals surface area contributed by atoms with Crippen LogP contribution >= 0.6 is 0 Å². The Balaban J connectivity index is 1.97. The van der Waals surface area contributed by atoms with Gasteiger partial charge in [-0.3, -0.25) is 4.79 Å². The van der Waals surface area contributed by atoms with Crippen LogP contribution in [0.5, 0.6) is 0 Å². The van der Waals surface area contributed by atoms with Gasteiger partial charge >= 0.3 is 0 Å². The average molecular weight is 365 g/mol. The Kier molecular flexibility index (Phi) is 6.11. The zero-order chi connectivity index (χ0) is 18.4. The van der Waals surface area contributed by atoms with Gasteiger partial charge in [0.2, 0.25) is 15.9 Å². The summed E-state index contributed by atoms with van der Waals surface area (Å²) in [5.74, 6) is -0.657. The Morgan fingerprint density at radius 3 is 2.36 bits per heavy atom. The van der Waals surface area contributed by atoms with Crippen LogP contribution in [0.3, 0.4) is 0 Å². The quantitative estimate of drug-likeness (QED) is 0.784. The SMILES string of the molecule is CN(C)S(=O)(=O)c1ccccc1CNC(=O)CNc1ccc(F)cc1. The van der Waals surface area contributed by atoms with Gasteiger partial charge in [-0.15, -0.1) is 0 Å². The second kappa shape index (κ2) is 8.09. The second-order valence-corrected chi connectivity index (χ2v) is 7.65. The summed E-state index contributed by atoms with van der Waals surface area (Å²) in [7, 11) is -0.673. The molecule has 25 heavy (non-hydrogen) atoms. The third-order valence-electron chi connectivity index (χ3n) is 3.50. The standard InChI is InChI=1S/C17H20FN3O3S/c1-21(2)25(23,24)16-6-4-3-5-13(16)11-20-17(22)12-19-15-9-7-14(18)8-10-15/h3-10,19H,11-12H2,1-2H3,(H,20,22). The van der Waals surface area contributed by atoms with Crippen molar-refractivity contribution in [3.8, 4) is 0 Å². The number of anilines is 1. The van der Waals surface area contributed by atoms with E-state index < -0.39 is 10.0 Å². The van der Waals surface area contributed by atoms with Crippen LogP contribution in [0.25, 0.3) is 0 Å². The molecule has 0 aliphatic carbocycles. The summed E-state index contributed by atoms with van der Waals surface area (Å²) in [6, 6.07) is 12.2. The monoisotopic (exact) mass is 365 g/mol. The smallest absolute Gasteiger partial charge is 0.242 e. The van der Waals surface area contributed by atoms with Crippen molar-refractivity contribution >= 4 is 21.6 Å². The summed E-state index contributed by atoms with van der Waals surface area (Å²) >= 11 is 0. The van der Waals surface area contributed by atoms with Crippen molar-refractivity contribution in [3.05, 3.63) is 59.9 Å². The van der Waals surface area contributed by atoms with E-state index in [9.17, 15) is 17.6 Å². The third kappa shape index (κ3) is 5.01. The van der Waals surface area contributed by atoms with Gasteiger partial charge < -0.3 is 10.6 Å². The molecule has 134 valence electrons. The first-order valence-corrected chi connectivity index (χ1v) is 9.01. The summed E-state index contributed by atoms with van der Waals surface area (Å²) in [6.45, 7) is 0.0847. The molecule has 0 heterocycles. The molecule has 2 N–H and O–H groups in total. The van der Waals surface area contributed by atoms with Crippen molar-refractivity contribution in [2.45, 2.75) is 11.4 Å². The van der Waals surface area contributed by atoms with Gasteiger partial charge in [0.05, 0.1) is 11.4 Å². The molecule has 0 radical (unpaired) electrons. The zero-order valence-electron chi connectivity index (χ0n) is 14.0. The molecule has 0 aromatic heterocycles. The first kappa shape index (κ1) is 18.9. The highest BCUT2D eigenvalue weighted by molar-refractivity contribution is 7.89. The fourth-order valence-corrected chi connectivity index (χ4v) is 3.22. The highest BCUT2D eigenvalue weighted by atomic mass is 32.2. The summed E-state index contributed by atoms with van der Waals surface area (Å²) < 4.78 is 38.6. The zero-order valence-corrected chi connectivity index (χ0v) is 14.8. The maximum absolute atomic E-state index is 12.8. The molecule has 0 aliphatic heterocycles. The van der Waals surface area contributed by atoms with Crippen molar-refractivity contribution in [1.82, 2.24) is 9.62 Å². The molecule has 6 nitrogen and oxygen atoms in total. The molecular weight excluding hydrogens is 345 g/mol. The molecule has 8 heteroatoms. The minimum absolute atomic E-state index is 0.00572. The predicted octanol–water partition coefficient (Wildman–Crippen LogP) is 1.80. The van der Waals surface area contributed by atoms with Crippen molar-refractivity contribution in [2.75, 3.05) is 26.0 Å². The number of nitrogens with zero attached hydrogens (tertiary/aromatic N) is 1. The number of hydrogen-bond donors (Lipinski definition) is 2. The van der Waals surface area contributed by atoms with Gasteiger partial charge in [0.1, 0.15) is 5.82 Å². The van der Waals surface area contributed by atoms with E-state index in [1.807, 2.05) is 0 Å². The molecule has 0 atom stereocenters. The Morgan fingerprint density at radius 1 is 1.08 bits per heavy atom. The van der Waals surface area contributed by atoms with Crippen LogP contribution in [0, 0.1) is 5.82 Å². The topological polar surface area (TPSA) is 78.5 Å². The van der Waals surface area contributed by atoms with E-state index in [2.05, 4.69) is 10.6 Å². The van der Waals surface area contributed by atoms with E-state index in [0.29, 0.717) is 11.3 Å². The molecule has 0 saturated carbocycles. The first-order chi connectivity index (χ1) is 11.8. The molecule has 0 saturated heterocycles. The molecule has 0 fully saturated rings. The Hall–Kier alpha value is -2.45. The number of benzene rings is 2. The van der Waals surface area contributed by atoms with Gasteiger partial charge in [-0.1, -0.05) is 18.2 Å². The third-order valence-corrected chi connectivity index (χ3v) is 5.42. The molecule has 2 aromatic carbocycles. The van der Waals surface area contributed by atoms with Crippen molar-refractivity contribution in [1.29, 1.82) is 0 Å². The highest BCUT2D eigenvalue weighted by Gasteiger charge is 2.20. The van der Waals surface area contributed by atoms with Crippen LogP contribution in [0.4, 0.5) is 10.1 Å². The van der Waals surface area contributed by atoms with Crippen LogP contribution in [0.1, 0.15) is 5.56 Å². The highest BCUT2D eigenvalue weighted by Crippen LogP contribution is 2.18. The van der Waals surface area contributed by atoms with Gasteiger partial charge in [-0.05, 0) is 35.9 Å². The maximum Gasteiger partial charge on any atom is 0.242 e. The lowest BCUT2D eigenvalue weighted by Gasteiger charge is -2.15. The summed E-state index contributed by atoms with van der Waals surface area (Å²) in [5, 5.41) is 5.54. The van der Waals surface area contributed by atoms with E-state index in [1.54, 1.807) is 18.2 Å². The maximum atomic E-state index is 12.8. The number of rotatable bonds is 7. The minimum Gasteiger partial charge on any atom is -0.376 e. The lowest BCUT2D eigenvalue weighted by molar-refractivity contribution is -0.119. The van der Waals surface area contributed by atoms with Crippen molar-refractivity contribution in [2.24, 2.45) is 0 Å². The summed E-state index contributed by atoms with van der Waals surface area (Å²) in [5.41, 5.74) is 1.12. The average Bonchev–Trinajstić information content (AvgIpc) is 2.59. The van der Waals surface area contributed by atoms with E-state index in [1.165, 1.54) is 44.4 Å². The molecule has 0 unspecified atom stereocenters. The van der Waals surface area contributed by atoms with E-state index >= 15 is 0 Å². The van der Waals surface area contributed by atoms with Gasteiger partial charge in [0.15, 0.2) is 0 Å². The first-order valence-electron chi connectivity index (χ1n) is 7.57. The number of nitrogens with one attached hydrogen (secondary N) is 2. The van der Waals surface area contributed by atoms with Crippen molar-refractivity contribution in [3.63, 3.8) is 0 Å². The molecule has 1 amide bonds. The molecule has 2 aromatic rings. The van der Waals surface area contributed by atoms with Crippen LogP contribution in [-0.4, -0.2) is 39.3 Å². The number of sulfonamides is 1. The lowest BCUT2D eigenvalue weighted by atomic mass is 10.2. The van der Waals surface area contributed by atoms with E-state index in [4.69, 9.17) is 0 Å². The molecule has 0 aliphatic rings. The normalized spacial score (nSPS) is 11.4. The lowest BCUT2D eigenvalue weighted by Crippen LogP contribution is -2.30. The number of carbonyl (C=O) groups excluding carboxylic acids is 1. The van der Waals surface area contributed by atoms with Gasteiger partial charge in [-0.25, -0.2) is 17.1 Å². The van der Waals surface area contributed by atoms with E-state index in [0.717, 1.165) is 4.31 Å². The minimum atomic E-state index is -3.58. The van der Waals surface area contributed by atoms with Crippen molar-refractivity contribution < 1.29 is 17.6 Å². The van der Waals surface area contributed by atoms with Crippen LogP contribution in [0.15, 0.2) is 53.4 Å². The fraction of sp³-hybridized carbons (Fsp3) is 0.235. The van der Waals surface area contributed by atoms with Crippen LogP contribution in [0.2, 0.25) is 0 Å². The van der Waals surface area contributed by atoms with Crippen LogP contribution in [-0.2, 0) is 21.4 Å². The number of amides is 1. The number of hydrogen-bond acceptors (Lipinski definition) is 4.